The monoisotopic (exact) mass is 488 g/mol. The first-order chi connectivity index (χ1) is 17.5. The van der Waals surface area contributed by atoms with Crippen LogP contribution < -0.4 is 28.4 Å². The molecule has 0 aliphatic heterocycles. The zero-order chi connectivity index (χ0) is 25.8. The fourth-order valence-electron chi connectivity index (χ4n) is 4.33. The molecule has 1 aliphatic carbocycles. The minimum absolute atomic E-state index is 0.0984. The van der Waals surface area contributed by atoms with Crippen molar-refractivity contribution >= 4 is 29.1 Å². The Labute approximate surface area is 210 Å². The number of methoxy groups -OCH3 is 6. The van der Waals surface area contributed by atoms with Crippen LogP contribution in [0.15, 0.2) is 48.5 Å². The van der Waals surface area contributed by atoms with Gasteiger partial charge in [0.2, 0.25) is 11.5 Å². The van der Waals surface area contributed by atoms with Gasteiger partial charge in [0, 0.05) is 11.1 Å². The van der Waals surface area contributed by atoms with Crippen LogP contribution in [0.5, 0.6) is 34.5 Å². The van der Waals surface area contributed by atoms with Gasteiger partial charge in [0.15, 0.2) is 28.8 Å². The molecular weight excluding hydrogens is 460 g/mol. The van der Waals surface area contributed by atoms with Crippen molar-refractivity contribution in [2.45, 2.75) is 0 Å². The third-order valence-corrected chi connectivity index (χ3v) is 5.99. The summed E-state index contributed by atoms with van der Waals surface area (Å²) in [5.74, 6) is 2.92. The van der Waals surface area contributed by atoms with Crippen molar-refractivity contribution < 1.29 is 33.2 Å². The van der Waals surface area contributed by atoms with Crippen LogP contribution in [0.2, 0.25) is 0 Å². The number of carbonyl (C=O) groups is 1. The van der Waals surface area contributed by atoms with E-state index in [1.807, 2.05) is 60.7 Å². The van der Waals surface area contributed by atoms with E-state index in [1.54, 1.807) is 42.7 Å². The van der Waals surface area contributed by atoms with Gasteiger partial charge >= 0.3 is 0 Å². The molecule has 0 aromatic heterocycles. The van der Waals surface area contributed by atoms with E-state index < -0.39 is 0 Å². The lowest BCUT2D eigenvalue weighted by atomic mass is 10.0. The van der Waals surface area contributed by atoms with Gasteiger partial charge in [-0.05, 0) is 58.7 Å². The molecule has 7 heteroatoms. The molecule has 0 unspecified atom stereocenters. The zero-order valence-electron chi connectivity index (χ0n) is 21.1. The van der Waals surface area contributed by atoms with Gasteiger partial charge in [-0.3, -0.25) is 4.79 Å². The molecule has 0 saturated carbocycles. The van der Waals surface area contributed by atoms with Crippen molar-refractivity contribution in [3.63, 3.8) is 0 Å². The number of fused-ring (bicyclic) bond motifs is 1. The van der Waals surface area contributed by atoms with Crippen LogP contribution in [-0.4, -0.2) is 48.4 Å². The van der Waals surface area contributed by atoms with Crippen molar-refractivity contribution in [3.05, 3.63) is 70.8 Å². The molecule has 0 amide bonds. The Kier molecular flexibility index (Phi) is 7.20. The van der Waals surface area contributed by atoms with Gasteiger partial charge in [-0.25, -0.2) is 0 Å². The van der Waals surface area contributed by atoms with Crippen LogP contribution in [-0.2, 0) is 4.79 Å². The molecule has 4 rings (SSSR count). The van der Waals surface area contributed by atoms with Crippen LogP contribution in [0.3, 0.4) is 0 Å². The minimum Gasteiger partial charge on any atom is -0.493 e. The molecular formula is C29H28O7. The zero-order valence-corrected chi connectivity index (χ0v) is 21.1. The summed E-state index contributed by atoms with van der Waals surface area (Å²) in [5, 5.41) is 0. The summed E-state index contributed by atoms with van der Waals surface area (Å²) in [6.45, 7) is 0. The molecule has 1 aliphatic rings. The number of ketones is 1. The number of hydrogen-bond acceptors (Lipinski definition) is 7. The first-order valence-corrected chi connectivity index (χ1v) is 11.2. The Morgan fingerprint density at radius 1 is 0.528 bits per heavy atom. The molecule has 7 nitrogen and oxygen atoms in total. The molecule has 3 aromatic rings. The highest BCUT2D eigenvalue weighted by Gasteiger charge is 2.30. The minimum atomic E-state index is -0.0984. The lowest BCUT2D eigenvalue weighted by Crippen LogP contribution is -1.98. The third kappa shape index (κ3) is 4.35. The number of benzene rings is 3. The Morgan fingerprint density at radius 2 is 0.861 bits per heavy atom. The van der Waals surface area contributed by atoms with Gasteiger partial charge in [0.1, 0.15) is 0 Å². The number of hydrogen-bond donors (Lipinski definition) is 0. The van der Waals surface area contributed by atoms with E-state index in [0.29, 0.717) is 45.6 Å². The standard InChI is InChI=1S/C29H28O7/c1-31-23-13-17(14-24(32-2)28(23)35-5)11-21-19-9-7-8-10-20(19)22(27(21)30)12-18-15-25(33-3)29(36-6)26(16-18)34-4/h7-16H,1-6H3/b21-11+,22-12+. The molecule has 0 radical (unpaired) electrons. The summed E-state index contributed by atoms with van der Waals surface area (Å²) >= 11 is 0. The van der Waals surface area contributed by atoms with Gasteiger partial charge in [-0.2, -0.15) is 0 Å². The van der Waals surface area contributed by atoms with Gasteiger partial charge in [0.05, 0.1) is 42.7 Å². The fraction of sp³-hybridized carbons (Fsp3) is 0.207. The maximum atomic E-state index is 13.7. The van der Waals surface area contributed by atoms with E-state index in [4.69, 9.17) is 28.4 Å². The highest BCUT2D eigenvalue weighted by atomic mass is 16.5. The predicted octanol–water partition coefficient (Wildman–Crippen LogP) is 5.40. The molecule has 0 spiro atoms. The van der Waals surface area contributed by atoms with Gasteiger partial charge in [-0.1, -0.05) is 24.3 Å². The average molecular weight is 489 g/mol. The Balaban J connectivity index is 1.86. The molecule has 0 fully saturated rings. The van der Waals surface area contributed by atoms with E-state index in [1.165, 1.54) is 0 Å². The second-order valence-electron chi connectivity index (χ2n) is 7.91. The molecule has 0 heterocycles. The third-order valence-electron chi connectivity index (χ3n) is 5.99. The summed E-state index contributed by atoms with van der Waals surface area (Å²) in [7, 11) is 9.33. The number of carbonyl (C=O) groups excluding carboxylic acids is 1. The number of ether oxygens (including phenoxy) is 6. The molecule has 36 heavy (non-hydrogen) atoms. The molecule has 3 aromatic carbocycles. The van der Waals surface area contributed by atoms with E-state index in [0.717, 1.165) is 22.3 Å². The average Bonchev–Trinajstić information content (AvgIpc) is 3.17. The molecule has 0 N–H and O–H groups in total. The summed E-state index contributed by atoms with van der Waals surface area (Å²) < 4.78 is 32.8. The molecule has 186 valence electrons. The Morgan fingerprint density at radius 3 is 1.14 bits per heavy atom. The van der Waals surface area contributed by atoms with Gasteiger partial charge in [-0.15, -0.1) is 0 Å². The smallest absolute Gasteiger partial charge is 0.203 e. The van der Waals surface area contributed by atoms with Gasteiger partial charge < -0.3 is 28.4 Å². The lowest BCUT2D eigenvalue weighted by molar-refractivity contribution is -0.108. The second-order valence-corrected chi connectivity index (χ2v) is 7.91. The van der Waals surface area contributed by atoms with E-state index in [2.05, 4.69) is 0 Å². The predicted molar refractivity (Wildman–Crippen MR) is 139 cm³/mol. The Bertz CT molecular complexity index is 1220. The van der Waals surface area contributed by atoms with Crippen molar-refractivity contribution in [2.24, 2.45) is 0 Å². The van der Waals surface area contributed by atoms with E-state index in [-0.39, 0.29) is 5.78 Å². The number of Topliss-reactive ketones (excluding diaryl/α,β-unsaturated/α-hetero) is 1. The van der Waals surface area contributed by atoms with E-state index >= 15 is 0 Å². The maximum Gasteiger partial charge on any atom is 0.203 e. The van der Waals surface area contributed by atoms with Crippen LogP contribution in [0.25, 0.3) is 23.3 Å². The fourth-order valence-corrected chi connectivity index (χ4v) is 4.33. The quantitative estimate of drug-likeness (QED) is 0.393. The first-order valence-electron chi connectivity index (χ1n) is 11.2. The highest BCUT2D eigenvalue weighted by molar-refractivity contribution is 6.51. The topological polar surface area (TPSA) is 72.5 Å². The molecule has 0 bridgehead atoms. The van der Waals surface area contributed by atoms with Crippen LogP contribution in [0, 0.1) is 0 Å². The maximum absolute atomic E-state index is 13.7. The number of rotatable bonds is 8. The summed E-state index contributed by atoms with van der Waals surface area (Å²) in [6, 6.07) is 14.9. The van der Waals surface area contributed by atoms with E-state index in [9.17, 15) is 4.79 Å². The molecule has 0 saturated heterocycles. The van der Waals surface area contributed by atoms with Crippen LogP contribution in [0.1, 0.15) is 22.3 Å². The Hall–Kier alpha value is -4.39. The van der Waals surface area contributed by atoms with Crippen molar-refractivity contribution in [1.82, 2.24) is 0 Å². The normalized spacial score (nSPS) is 14.6. The molecule has 0 atom stereocenters. The summed E-state index contributed by atoms with van der Waals surface area (Å²) in [6.07, 6.45) is 3.67. The highest BCUT2D eigenvalue weighted by Crippen LogP contribution is 2.44. The largest absolute Gasteiger partial charge is 0.493 e. The van der Waals surface area contributed by atoms with Gasteiger partial charge in [0.25, 0.3) is 0 Å². The van der Waals surface area contributed by atoms with Crippen molar-refractivity contribution in [1.29, 1.82) is 0 Å². The first kappa shape index (κ1) is 24.7. The second kappa shape index (κ2) is 10.5. The number of allylic oxidation sites excluding steroid dienone is 2. The van der Waals surface area contributed by atoms with Crippen molar-refractivity contribution in [3.8, 4) is 34.5 Å². The summed E-state index contributed by atoms with van der Waals surface area (Å²) in [4.78, 5) is 13.7. The lowest BCUT2D eigenvalue weighted by Gasteiger charge is -2.13. The van der Waals surface area contributed by atoms with Crippen LogP contribution >= 0.6 is 0 Å². The summed E-state index contributed by atoms with van der Waals surface area (Å²) in [5.41, 5.74) is 4.32. The SMILES string of the molecule is COc1cc(/C=C2/C(=O)/C(=C/c3cc(OC)c(OC)c(OC)c3)c3ccccc32)cc(OC)c1OC. The van der Waals surface area contributed by atoms with Crippen molar-refractivity contribution in [2.75, 3.05) is 42.7 Å². The van der Waals surface area contributed by atoms with Crippen LogP contribution in [0.4, 0.5) is 0 Å².